The van der Waals surface area contributed by atoms with Crippen molar-refractivity contribution >= 4 is 28.9 Å². The lowest BCUT2D eigenvalue weighted by Gasteiger charge is -2.36. The summed E-state index contributed by atoms with van der Waals surface area (Å²) in [5, 5.41) is 4.75. The van der Waals surface area contributed by atoms with Crippen LogP contribution in [0.25, 0.3) is 11.3 Å². The van der Waals surface area contributed by atoms with E-state index in [-0.39, 0.29) is 5.91 Å². The number of aryl methyl sites for hydroxylation is 1. The molecule has 0 unspecified atom stereocenters. The minimum Gasteiger partial charge on any atom is -0.399 e. The van der Waals surface area contributed by atoms with Gasteiger partial charge >= 0.3 is 0 Å². The molecular formula is C21H21ClN4O2. The Bertz CT molecular complexity index is 995. The molecule has 1 fully saturated rings. The predicted octanol–water partition coefficient (Wildman–Crippen LogP) is 3.85. The molecule has 0 atom stereocenters. The van der Waals surface area contributed by atoms with E-state index in [1.807, 2.05) is 47.4 Å². The van der Waals surface area contributed by atoms with Gasteiger partial charge in [-0.1, -0.05) is 47.1 Å². The van der Waals surface area contributed by atoms with Gasteiger partial charge in [0, 0.05) is 37.4 Å². The minimum atomic E-state index is -0.0549. The van der Waals surface area contributed by atoms with Crippen molar-refractivity contribution in [2.45, 2.75) is 6.92 Å². The molecule has 144 valence electrons. The monoisotopic (exact) mass is 396 g/mol. The Hall–Kier alpha value is -2.99. The van der Waals surface area contributed by atoms with Crippen LogP contribution < -0.4 is 10.6 Å². The first-order valence-electron chi connectivity index (χ1n) is 9.15. The molecule has 0 aliphatic carbocycles. The van der Waals surface area contributed by atoms with Crippen LogP contribution in [0.2, 0.25) is 5.02 Å². The summed E-state index contributed by atoms with van der Waals surface area (Å²) in [7, 11) is 0. The molecule has 6 nitrogen and oxygen atoms in total. The van der Waals surface area contributed by atoms with E-state index in [9.17, 15) is 4.79 Å². The summed E-state index contributed by atoms with van der Waals surface area (Å²) in [5.41, 5.74) is 9.35. The quantitative estimate of drug-likeness (QED) is 0.680. The van der Waals surface area contributed by atoms with Gasteiger partial charge in [0.05, 0.1) is 10.7 Å². The second-order valence-electron chi connectivity index (χ2n) is 6.82. The average molecular weight is 397 g/mol. The Morgan fingerprint density at radius 3 is 2.50 bits per heavy atom. The lowest BCUT2D eigenvalue weighted by atomic mass is 10.0. The van der Waals surface area contributed by atoms with Crippen LogP contribution in [-0.4, -0.2) is 42.1 Å². The van der Waals surface area contributed by atoms with Gasteiger partial charge in [-0.15, -0.1) is 0 Å². The molecule has 0 saturated carbocycles. The van der Waals surface area contributed by atoms with Crippen molar-refractivity contribution in [3.05, 3.63) is 64.9 Å². The van der Waals surface area contributed by atoms with Gasteiger partial charge in [0.15, 0.2) is 0 Å². The molecule has 1 aliphatic heterocycles. The summed E-state index contributed by atoms with van der Waals surface area (Å²) in [5.74, 6) is 0.480. The maximum atomic E-state index is 13.2. The molecule has 28 heavy (non-hydrogen) atoms. The summed E-state index contributed by atoms with van der Waals surface area (Å²) in [6, 6.07) is 15.1. The Morgan fingerprint density at radius 2 is 1.82 bits per heavy atom. The molecule has 1 amide bonds. The van der Waals surface area contributed by atoms with E-state index in [1.54, 1.807) is 13.0 Å². The number of carbonyl (C=O) groups excluding carboxylic acids is 1. The summed E-state index contributed by atoms with van der Waals surface area (Å²) < 4.78 is 5.34. The molecule has 1 saturated heterocycles. The van der Waals surface area contributed by atoms with Crippen LogP contribution in [0.3, 0.4) is 0 Å². The second kappa shape index (κ2) is 7.56. The number of nitrogens with two attached hydrogens (primary N) is 1. The van der Waals surface area contributed by atoms with Gasteiger partial charge in [-0.05, 0) is 25.1 Å². The highest BCUT2D eigenvalue weighted by Crippen LogP contribution is 2.30. The van der Waals surface area contributed by atoms with Crippen molar-refractivity contribution in [3.8, 4) is 11.3 Å². The first kappa shape index (κ1) is 18.4. The molecule has 1 aromatic heterocycles. The molecule has 2 N–H and O–H groups in total. The average Bonchev–Trinajstić information content (AvgIpc) is 3.10. The third kappa shape index (κ3) is 3.43. The van der Waals surface area contributed by atoms with Crippen molar-refractivity contribution in [2.75, 3.05) is 36.8 Å². The maximum absolute atomic E-state index is 13.2. The number of aromatic nitrogens is 1. The van der Waals surface area contributed by atoms with Gasteiger partial charge in [0.1, 0.15) is 17.0 Å². The van der Waals surface area contributed by atoms with E-state index in [1.165, 1.54) is 0 Å². The summed E-state index contributed by atoms with van der Waals surface area (Å²) >= 11 is 6.33. The fraction of sp³-hybridized carbons (Fsp3) is 0.238. The van der Waals surface area contributed by atoms with Crippen molar-refractivity contribution in [2.24, 2.45) is 0 Å². The molecule has 0 bridgehead atoms. The summed E-state index contributed by atoms with van der Waals surface area (Å²) in [6.45, 7) is 4.36. The first-order valence-corrected chi connectivity index (χ1v) is 9.53. The van der Waals surface area contributed by atoms with Crippen LogP contribution in [0.5, 0.6) is 0 Å². The number of hydrogen-bond acceptors (Lipinski definition) is 5. The summed E-state index contributed by atoms with van der Waals surface area (Å²) in [6.07, 6.45) is 0. The highest BCUT2D eigenvalue weighted by atomic mass is 35.5. The normalized spacial score (nSPS) is 14.4. The highest BCUT2D eigenvalue weighted by molar-refractivity contribution is 6.33. The third-order valence-corrected chi connectivity index (χ3v) is 5.31. The maximum Gasteiger partial charge on any atom is 0.259 e. The van der Waals surface area contributed by atoms with Gasteiger partial charge in [0.25, 0.3) is 5.91 Å². The molecule has 0 radical (unpaired) electrons. The van der Waals surface area contributed by atoms with Gasteiger partial charge in [-0.2, -0.15) is 0 Å². The van der Waals surface area contributed by atoms with Crippen molar-refractivity contribution in [1.82, 2.24) is 10.1 Å². The number of hydrogen-bond donors (Lipinski definition) is 1. The Morgan fingerprint density at radius 1 is 1.11 bits per heavy atom. The topological polar surface area (TPSA) is 75.6 Å². The van der Waals surface area contributed by atoms with Crippen LogP contribution in [0.4, 0.5) is 11.4 Å². The van der Waals surface area contributed by atoms with Crippen LogP contribution >= 0.6 is 11.6 Å². The van der Waals surface area contributed by atoms with E-state index >= 15 is 0 Å². The Balaban J connectivity index is 1.52. The van der Waals surface area contributed by atoms with Crippen molar-refractivity contribution < 1.29 is 9.32 Å². The molecule has 0 spiro atoms. The number of nitrogen functional groups attached to an aromatic ring is 1. The first-order chi connectivity index (χ1) is 13.5. The number of nitrogens with zero attached hydrogens (tertiary/aromatic N) is 3. The molecule has 4 rings (SSSR count). The molecule has 3 aromatic rings. The van der Waals surface area contributed by atoms with E-state index < -0.39 is 0 Å². The molecule has 2 heterocycles. The lowest BCUT2D eigenvalue weighted by molar-refractivity contribution is 0.0745. The van der Waals surface area contributed by atoms with Gasteiger partial charge in [-0.25, -0.2) is 0 Å². The lowest BCUT2D eigenvalue weighted by Crippen LogP contribution is -2.49. The van der Waals surface area contributed by atoms with E-state index in [4.69, 9.17) is 21.9 Å². The fourth-order valence-corrected chi connectivity index (χ4v) is 3.81. The Labute approximate surface area is 168 Å². The minimum absolute atomic E-state index is 0.0549. The fourth-order valence-electron chi connectivity index (χ4n) is 3.51. The number of rotatable bonds is 3. The second-order valence-corrected chi connectivity index (χ2v) is 7.23. The van der Waals surface area contributed by atoms with Crippen LogP contribution in [0.1, 0.15) is 16.1 Å². The van der Waals surface area contributed by atoms with E-state index in [0.29, 0.717) is 53.9 Å². The number of halogens is 1. The predicted molar refractivity (Wildman–Crippen MR) is 111 cm³/mol. The van der Waals surface area contributed by atoms with E-state index in [2.05, 4.69) is 10.1 Å². The number of anilines is 2. The van der Waals surface area contributed by atoms with Gasteiger partial charge < -0.3 is 20.1 Å². The molecule has 1 aliphatic rings. The van der Waals surface area contributed by atoms with Crippen molar-refractivity contribution in [3.63, 3.8) is 0 Å². The Kier molecular flexibility index (Phi) is 4.96. The standard InChI is InChI=1S/C21H21ClN4O2/c1-14-19(20(24-28-14)15-5-3-2-4-6-15)21(27)26-11-9-25(10-12-26)18-8-7-16(23)13-17(18)22/h2-8,13H,9-12,23H2,1H3. The zero-order valence-electron chi connectivity index (χ0n) is 15.6. The number of amides is 1. The van der Waals surface area contributed by atoms with Crippen LogP contribution in [0.15, 0.2) is 53.1 Å². The number of carbonyl (C=O) groups is 1. The van der Waals surface area contributed by atoms with Crippen molar-refractivity contribution in [1.29, 1.82) is 0 Å². The van der Waals surface area contributed by atoms with Crippen LogP contribution in [0, 0.1) is 6.92 Å². The number of benzene rings is 2. The number of piperazine rings is 1. The van der Waals surface area contributed by atoms with Gasteiger partial charge in [0.2, 0.25) is 0 Å². The zero-order valence-corrected chi connectivity index (χ0v) is 16.3. The third-order valence-electron chi connectivity index (χ3n) is 5.00. The zero-order chi connectivity index (χ0) is 19.7. The highest BCUT2D eigenvalue weighted by Gasteiger charge is 2.29. The molecule has 7 heteroatoms. The molecule has 2 aromatic carbocycles. The largest absolute Gasteiger partial charge is 0.399 e. The van der Waals surface area contributed by atoms with Gasteiger partial charge in [-0.3, -0.25) is 4.79 Å². The SMILES string of the molecule is Cc1onc(-c2ccccc2)c1C(=O)N1CCN(c2ccc(N)cc2Cl)CC1. The summed E-state index contributed by atoms with van der Waals surface area (Å²) in [4.78, 5) is 17.2. The molecular weight excluding hydrogens is 376 g/mol. The smallest absolute Gasteiger partial charge is 0.259 e. The van der Waals surface area contributed by atoms with E-state index in [0.717, 1.165) is 11.3 Å². The van der Waals surface area contributed by atoms with Crippen LogP contribution in [-0.2, 0) is 0 Å².